The van der Waals surface area contributed by atoms with Crippen molar-refractivity contribution in [2.45, 2.75) is 57.9 Å². The molecule has 1 heterocycles. The summed E-state index contributed by atoms with van der Waals surface area (Å²) in [4.78, 5) is 4.31. The monoisotopic (exact) mass is 276 g/mol. The molecule has 3 nitrogen and oxygen atoms in total. The number of pyridine rings is 1. The maximum atomic E-state index is 5.12. The Morgan fingerprint density at radius 2 is 2.15 bits per heavy atom. The van der Waals surface area contributed by atoms with Crippen molar-refractivity contribution in [2.75, 3.05) is 13.7 Å². The molecule has 0 aromatic carbocycles. The van der Waals surface area contributed by atoms with Crippen molar-refractivity contribution < 1.29 is 4.74 Å². The van der Waals surface area contributed by atoms with Gasteiger partial charge in [-0.3, -0.25) is 0 Å². The molecule has 1 N–H and O–H groups in total. The van der Waals surface area contributed by atoms with E-state index in [-0.39, 0.29) is 0 Å². The number of ether oxygens (including phenoxy) is 1. The fourth-order valence-electron chi connectivity index (χ4n) is 3.17. The molecular weight excluding hydrogens is 248 g/mol. The van der Waals surface area contributed by atoms with Gasteiger partial charge in [-0.15, -0.1) is 0 Å². The van der Waals surface area contributed by atoms with Crippen molar-refractivity contribution in [1.29, 1.82) is 0 Å². The molecule has 1 aromatic rings. The van der Waals surface area contributed by atoms with Gasteiger partial charge >= 0.3 is 0 Å². The maximum Gasteiger partial charge on any atom is 0.212 e. The van der Waals surface area contributed by atoms with Crippen LogP contribution < -0.4 is 10.1 Å². The molecule has 1 saturated carbocycles. The average molecular weight is 276 g/mol. The van der Waals surface area contributed by atoms with Crippen molar-refractivity contribution in [3.63, 3.8) is 0 Å². The number of nitrogens with zero attached hydrogens (tertiary/aromatic N) is 1. The van der Waals surface area contributed by atoms with Gasteiger partial charge in [0.1, 0.15) is 0 Å². The Morgan fingerprint density at radius 3 is 2.75 bits per heavy atom. The van der Waals surface area contributed by atoms with E-state index in [1.54, 1.807) is 7.11 Å². The van der Waals surface area contributed by atoms with Crippen molar-refractivity contribution in [3.05, 3.63) is 23.9 Å². The number of rotatable bonds is 8. The number of aromatic nitrogens is 1. The molecule has 1 aliphatic carbocycles. The normalized spacial score (nSPS) is 17.3. The lowest BCUT2D eigenvalue weighted by molar-refractivity contribution is 0.382. The topological polar surface area (TPSA) is 34.1 Å². The summed E-state index contributed by atoms with van der Waals surface area (Å²) in [5.74, 6) is 1.62. The highest BCUT2D eigenvalue weighted by Gasteiger charge is 2.20. The second kappa shape index (κ2) is 8.25. The van der Waals surface area contributed by atoms with Crippen LogP contribution in [-0.4, -0.2) is 24.7 Å². The molecule has 1 fully saturated rings. The SMILES string of the molecule is CCCNC(Cc1ccc(OC)nc1)CC1CCCC1. The van der Waals surface area contributed by atoms with E-state index in [0.29, 0.717) is 11.9 Å². The highest BCUT2D eigenvalue weighted by Crippen LogP contribution is 2.29. The van der Waals surface area contributed by atoms with Crippen LogP contribution in [0, 0.1) is 5.92 Å². The van der Waals surface area contributed by atoms with Crippen LogP contribution in [0.15, 0.2) is 18.3 Å². The van der Waals surface area contributed by atoms with Gasteiger partial charge in [0.15, 0.2) is 0 Å². The molecule has 3 heteroatoms. The fraction of sp³-hybridized carbons (Fsp3) is 0.706. The summed E-state index contributed by atoms with van der Waals surface area (Å²) in [5.41, 5.74) is 1.30. The summed E-state index contributed by atoms with van der Waals surface area (Å²) in [6.45, 7) is 3.34. The van der Waals surface area contributed by atoms with Crippen LogP contribution in [0.5, 0.6) is 5.88 Å². The average Bonchev–Trinajstić information content (AvgIpc) is 2.98. The fourth-order valence-corrected chi connectivity index (χ4v) is 3.17. The van der Waals surface area contributed by atoms with E-state index < -0.39 is 0 Å². The smallest absolute Gasteiger partial charge is 0.212 e. The molecule has 1 aliphatic rings. The second-order valence-electron chi connectivity index (χ2n) is 5.95. The van der Waals surface area contributed by atoms with Gasteiger partial charge in [-0.25, -0.2) is 4.98 Å². The van der Waals surface area contributed by atoms with Gasteiger partial charge in [-0.05, 0) is 37.3 Å². The first-order valence-corrected chi connectivity index (χ1v) is 8.04. The third-order valence-corrected chi connectivity index (χ3v) is 4.26. The van der Waals surface area contributed by atoms with E-state index in [1.165, 1.54) is 44.1 Å². The Hall–Kier alpha value is -1.09. The van der Waals surface area contributed by atoms with Crippen LogP contribution in [-0.2, 0) is 6.42 Å². The molecular formula is C17H28N2O. The molecule has 20 heavy (non-hydrogen) atoms. The van der Waals surface area contributed by atoms with E-state index in [9.17, 15) is 0 Å². The minimum absolute atomic E-state index is 0.591. The highest BCUT2D eigenvalue weighted by atomic mass is 16.5. The standard InChI is InChI=1S/C17H28N2O/c1-3-10-18-16(11-14-6-4-5-7-14)12-15-8-9-17(20-2)19-13-15/h8-9,13-14,16,18H,3-7,10-12H2,1-2H3. The highest BCUT2D eigenvalue weighted by molar-refractivity contribution is 5.18. The summed E-state index contributed by atoms with van der Waals surface area (Å²) in [5, 5.41) is 3.71. The van der Waals surface area contributed by atoms with Gasteiger partial charge in [0.25, 0.3) is 0 Å². The first-order valence-electron chi connectivity index (χ1n) is 8.04. The Balaban J connectivity index is 1.90. The second-order valence-corrected chi connectivity index (χ2v) is 5.95. The first kappa shape index (κ1) is 15.3. The predicted molar refractivity (Wildman–Crippen MR) is 83.1 cm³/mol. The van der Waals surface area contributed by atoms with E-state index in [2.05, 4.69) is 23.3 Å². The van der Waals surface area contributed by atoms with Crippen LogP contribution in [0.25, 0.3) is 0 Å². The van der Waals surface area contributed by atoms with Crippen LogP contribution in [0.3, 0.4) is 0 Å². The van der Waals surface area contributed by atoms with Crippen LogP contribution in [0.1, 0.15) is 51.0 Å². The van der Waals surface area contributed by atoms with Crippen molar-refractivity contribution >= 4 is 0 Å². The lowest BCUT2D eigenvalue weighted by Crippen LogP contribution is -2.33. The van der Waals surface area contributed by atoms with Gasteiger partial charge in [-0.2, -0.15) is 0 Å². The quantitative estimate of drug-likeness (QED) is 0.788. The van der Waals surface area contributed by atoms with E-state index >= 15 is 0 Å². The van der Waals surface area contributed by atoms with Crippen molar-refractivity contribution in [3.8, 4) is 5.88 Å². The third kappa shape index (κ3) is 4.78. The molecule has 0 aliphatic heterocycles. The summed E-state index contributed by atoms with van der Waals surface area (Å²) in [6.07, 6.45) is 11.2. The Labute approximate surface area is 123 Å². The van der Waals surface area contributed by atoms with Gasteiger partial charge in [0.2, 0.25) is 5.88 Å². The summed E-state index contributed by atoms with van der Waals surface area (Å²) in [6, 6.07) is 4.69. The molecule has 0 amide bonds. The number of hydrogen-bond acceptors (Lipinski definition) is 3. The molecule has 0 spiro atoms. The molecule has 1 atom stereocenters. The number of methoxy groups -OCH3 is 1. The maximum absolute atomic E-state index is 5.12. The van der Waals surface area contributed by atoms with Gasteiger partial charge in [-0.1, -0.05) is 38.7 Å². The zero-order valence-corrected chi connectivity index (χ0v) is 12.9. The largest absolute Gasteiger partial charge is 0.481 e. The Morgan fingerprint density at radius 1 is 1.35 bits per heavy atom. The van der Waals surface area contributed by atoms with Gasteiger partial charge < -0.3 is 10.1 Å². The zero-order chi connectivity index (χ0) is 14.2. The minimum atomic E-state index is 0.591. The molecule has 112 valence electrons. The lowest BCUT2D eigenvalue weighted by Gasteiger charge is -2.22. The summed E-state index contributed by atoms with van der Waals surface area (Å²) in [7, 11) is 1.66. The number of nitrogens with one attached hydrogen (secondary N) is 1. The van der Waals surface area contributed by atoms with Gasteiger partial charge in [0, 0.05) is 18.3 Å². The lowest BCUT2D eigenvalue weighted by atomic mass is 9.94. The Bertz CT molecular complexity index is 371. The van der Waals surface area contributed by atoms with Gasteiger partial charge in [0.05, 0.1) is 7.11 Å². The number of hydrogen-bond donors (Lipinski definition) is 1. The van der Waals surface area contributed by atoms with Crippen LogP contribution >= 0.6 is 0 Å². The van der Waals surface area contributed by atoms with Crippen molar-refractivity contribution in [2.24, 2.45) is 5.92 Å². The molecule has 0 saturated heterocycles. The van der Waals surface area contributed by atoms with Crippen LogP contribution in [0.2, 0.25) is 0 Å². The van der Waals surface area contributed by atoms with Crippen LogP contribution in [0.4, 0.5) is 0 Å². The summed E-state index contributed by atoms with van der Waals surface area (Å²) >= 11 is 0. The van der Waals surface area contributed by atoms with Crippen molar-refractivity contribution in [1.82, 2.24) is 10.3 Å². The minimum Gasteiger partial charge on any atom is -0.481 e. The predicted octanol–water partition coefficient (Wildman–Crippen LogP) is 3.58. The summed E-state index contributed by atoms with van der Waals surface area (Å²) < 4.78 is 5.12. The Kier molecular flexibility index (Phi) is 6.31. The molecule has 1 unspecified atom stereocenters. The third-order valence-electron chi connectivity index (χ3n) is 4.26. The molecule has 2 rings (SSSR count). The van der Waals surface area contributed by atoms with E-state index in [1.807, 2.05) is 12.3 Å². The van der Waals surface area contributed by atoms with E-state index in [4.69, 9.17) is 4.74 Å². The molecule has 0 bridgehead atoms. The first-order chi connectivity index (χ1) is 9.81. The molecule has 1 aromatic heterocycles. The van der Waals surface area contributed by atoms with E-state index in [0.717, 1.165) is 18.9 Å². The zero-order valence-electron chi connectivity index (χ0n) is 12.9. The molecule has 0 radical (unpaired) electrons.